The number of fused-ring (bicyclic) bond motifs is 5. The SMILES string of the molecule is CC1CCC2C(CCC3C2CCC2(C)C(c4ccno4)CCC32)C1. The van der Waals surface area contributed by atoms with Crippen LogP contribution in [-0.2, 0) is 0 Å². The number of rotatable bonds is 1. The maximum Gasteiger partial charge on any atom is 0.140 e. The van der Waals surface area contributed by atoms with E-state index in [1.165, 1.54) is 63.5 Å². The highest BCUT2D eigenvalue weighted by Crippen LogP contribution is 2.66. The molecule has 8 atom stereocenters. The lowest BCUT2D eigenvalue weighted by Crippen LogP contribution is -2.48. The van der Waals surface area contributed by atoms with Gasteiger partial charge in [-0.1, -0.05) is 25.4 Å². The molecule has 0 amide bonds. The first-order chi connectivity index (χ1) is 11.7. The van der Waals surface area contributed by atoms with Crippen LogP contribution in [0.15, 0.2) is 16.8 Å². The van der Waals surface area contributed by atoms with Gasteiger partial charge in [0.15, 0.2) is 0 Å². The quantitative estimate of drug-likeness (QED) is 0.628. The Hall–Kier alpha value is -0.790. The van der Waals surface area contributed by atoms with Crippen LogP contribution in [0.25, 0.3) is 0 Å². The van der Waals surface area contributed by atoms with E-state index in [1.54, 1.807) is 0 Å². The van der Waals surface area contributed by atoms with Gasteiger partial charge in [0.05, 0.1) is 6.20 Å². The summed E-state index contributed by atoms with van der Waals surface area (Å²) in [5, 5.41) is 4.00. The minimum absolute atomic E-state index is 0.468. The van der Waals surface area contributed by atoms with Crippen LogP contribution in [0.5, 0.6) is 0 Å². The van der Waals surface area contributed by atoms with Gasteiger partial charge in [-0.25, -0.2) is 0 Å². The Labute approximate surface area is 146 Å². The van der Waals surface area contributed by atoms with E-state index in [0.29, 0.717) is 11.3 Å². The molecule has 0 aromatic carbocycles. The lowest BCUT2D eigenvalue weighted by molar-refractivity contribution is -0.0610. The topological polar surface area (TPSA) is 26.0 Å². The van der Waals surface area contributed by atoms with E-state index in [4.69, 9.17) is 4.52 Å². The van der Waals surface area contributed by atoms with Crippen molar-refractivity contribution < 1.29 is 4.52 Å². The standard InChI is InChI=1S/C22H33NO/c1-14-3-5-16-15(13-14)4-6-18-17(16)9-11-22(2)19(18)7-8-20(22)21-10-12-23-24-21/h10,12,14-20H,3-9,11,13H2,1-2H3. The molecule has 1 aromatic heterocycles. The number of hydrogen-bond donors (Lipinski definition) is 0. The van der Waals surface area contributed by atoms with Gasteiger partial charge in [0.25, 0.3) is 0 Å². The van der Waals surface area contributed by atoms with E-state index in [-0.39, 0.29) is 0 Å². The van der Waals surface area contributed by atoms with Gasteiger partial charge in [-0.15, -0.1) is 0 Å². The largest absolute Gasteiger partial charge is 0.361 e. The Morgan fingerprint density at radius 2 is 1.88 bits per heavy atom. The van der Waals surface area contributed by atoms with Gasteiger partial charge in [-0.05, 0) is 92.3 Å². The number of nitrogens with zero attached hydrogens (tertiary/aromatic N) is 1. The van der Waals surface area contributed by atoms with Crippen molar-refractivity contribution in [2.45, 2.75) is 77.6 Å². The molecule has 2 heteroatoms. The van der Waals surface area contributed by atoms with Crippen LogP contribution < -0.4 is 0 Å². The molecular formula is C22H33NO. The lowest BCUT2D eigenvalue weighted by atomic mass is 9.49. The fourth-order valence-corrected chi connectivity index (χ4v) is 7.96. The molecule has 0 radical (unpaired) electrons. The van der Waals surface area contributed by atoms with Crippen molar-refractivity contribution in [2.24, 2.45) is 40.9 Å². The first-order valence-corrected chi connectivity index (χ1v) is 10.6. The molecule has 0 spiro atoms. The van der Waals surface area contributed by atoms with Crippen LogP contribution in [0, 0.1) is 40.9 Å². The number of hydrogen-bond acceptors (Lipinski definition) is 2. The summed E-state index contributed by atoms with van der Waals surface area (Å²) in [5.41, 5.74) is 0.468. The Balaban J connectivity index is 1.40. The average molecular weight is 328 g/mol. The Morgan fingerprint density at radius 3 is 2.71 bits per heavy atom. The molecule has 0 aliphatic heterocycles. The van der Waals surface area contributed by atoms with Crippen LogP contribution >= 0.6 is 0 Å². The Morgan fingerprint density at radius 1 is 1.00 bits per heavy atom. The zero-order chi connectivity index (χ0) is 16.3. The second kappa shape index (κ2) is 5.61. The van der Waals surface area contributed by atoms with Crippen LogP contribution in [-0.4, -0.2) is 5.16 Å². The molecule has 1 heterocycles. The highest BCUT2D eigenvalue weighted by atomic mass is 16.5. The first kappa shape index (κ1) is 15.5. The molecule has 132 valence electrons. The van der Waals surface area contributed by atoms with E-state index in [2.05, 4.69) is 25.1 Å². The zero-order valence-corrected chi connectivity index (χ0v) is 15.4. The van der Waals surface area contributed by atoms with Gasteiger partial charge >= 0.3 is 0 Å². The Kier molecular flexibility index (Phi) is 3.61. The van der Waals surface area contributed by atoms with Gasteiger partial charge in [0, 0.05) is 12.0 Å². The monoisotopic (exact) mass is 327 g/mol. The Bertz CT molecular complexity index is 581. The van der Waals surface area contributed by atoms with Crippen molar-refractivity contribution in [2.75, 3.05) is 0 Å². The van der Waals surface area contributed by atoms with Crippen LogP contribution in [0.1, 0.15) is 83.3 Å². The summed E-state index contributed by atoms with van der Waals surface area (Å²) in [6.07, 6.45) is 15.1. The van der Waals surface area contributed by atoms with E-state index in [9.17, 15) is 0 Å². The van der Waals surface area contributed by atoms with Gasteiger partial charge < -0.3 is 4.52 Å². The normalized spacial score (nSPS) is 50.8. The predicted octanol–water partition coefficient (Wildman–Crippen LogP) is 6.05. The molecule has 0 bridgehead atoms. The van der Waals surface area contributed by atoms with Gasteiger partial charge in [0.2, 0.25) is 0 Å². The molecule has 4 aliphatic rings. The van der Waals surface area contributed by atoms with Crippen LogP contribution in [0.4, 0.5) is 0 Å². The van der Waals surface area contributed by atoms with E-state index in [1.807, 2.05) is 6.20 Å². The molecule has 4 saturated carbocycles. The third-order valence-corrected chi connectivity index (χ3v) is 9.02. The fourth-order valence-electron chi connectivity index (χ4n) is 7.96. The molecule has 0 saturated heterocycles. The molecule has 24 heavy (non-hydrogen) atoms. The van der Waals surface area contributed by atoms with Crippen molar-refractivity contribution >= 4 is 0 Å². The van der Waals surface area contributed by atoms with E-state index in [0.717, 1.165) is 35.5 Å². The molecule has 1 aromatic rings. The maximum atomic E-state index is 5.62. The average Bonchev–Trinajstić information content (AvgIpc) is 3.20. The zero-order valence-electron chi connectivity index (χ0n) is 15.4. The fraction of sp³-hybridized carbons (Fsp3) is 0.864. The summed E-state index contributed by atoms with van der Waals surface area (Å²) in [5.74, 6) is 7.88. The highest BCUT2D eigenvalue weighted by molar-refractivity contribution is 5.16. The third kappa shape index (κ3) is 2.17. The van der Waals surface area contributed by atoms with Crippen LogP contribution in [0.2, 0.25) is 0 Å². The van der Waals surface area contributed by atoms with Crippen LogP contribution in [0.3, 0.4) is 0 Å². The molecular weight excluding hydrogens is 294 g/mol. The summed E-state index contributed by atoms with van der Waals surface area (Å²) in [7, 11) is 0. The summed E-state index contributed by atoms with van der Waals surface area (Å²) in [6.45, 7) is 5.07. The minimum atomic E-state index is 0.468. The molecule has 4 aliphatic carbocycles. The molecule has 4 fully saturated rings. The molecule has 5 rings (SSSR count). The molecule has 0 N–H and O–H groups in total. The summed E-state index contributed by atoms with van der Waals surface area (Å²) in [6, 6.07) is 2.13. The molecule has 2 nitrogen and oxygen atoms in total. The van der Waals surface area contributed by atoms with Crippen molar-refractivity contribution in [1.29, 1.82) is 0 Å². The summed E-state index contributed by atoms with van der Waals surface area (Å²) in [4.78, 5) is 0. The van der Waals surface area contributed by atoms with Crippen molar-refractivity contribution in [3.05, 3.63) is 18.0 Å². The predicted molar refractivity (Wildman–Crippen MR) is 95.5 cm³/mol. The van der Waals surface area contributed by atoms with E-state index < -0.39 is 0 Å². The second-order valence-electron chi connectivity index (χ2n) is 9.94. The molecule has 8 unspecified atom stereocenters. The van der Waals surface area contributed by atoms with Crippen molar-refractivity contribution in [3.63, 3.8) is 0 Å². The number of aromatic nitrogens is 1. The summed E-state index contributed by atoms with van der Waals surface area (Å²) < 4.78 is 5.62. The third-order valence-electron chi connectivity index (χ3n) is 9.02. The van der Waals surface area contributed by atoms with Gasteiger partial charge in [0.1, 0.15) is 5.76 Å². The minimum Gasteiger partial charge on any atom is -0.361 e. The highest BCUT2D eigenvalue weighted by Gasteiger charge is 2.57. The van der Waals surface area contributed by atoms with Crippen molar-refractivity contribution in [3.8, 4) is 0 Å². The first-order valence-electron chi connectivity index (χ1n) is 10.6. The second-order valence-corrected chi connectivity index (χ2v) is 9.94. The smallest absolute Gasteiger partial charge is 0.140 e. The maximum absolute atomic E-state index is 5.62. The van der Waals surface area contributed by atoms with Gasteiger partial charge in [-0.3, -0.25) is 0 Å². The van der Waals surface area contributed by atoms with E-state index >= 15 is 0 Å². The van der Waals surface area contributed by atoms with Crippen molar-refractivity contribution in [1.82, 2.24) is 5.16 Å². The lowest BCUT2D eigenvalue weighted by Gasteiger charge is -2.56. The summed E-state index contributed by atoms with van der Waals surface area (Å²) >= 11 is 0. The van der Waals surface area contributed by atoms with Gasteiger partial charge in [-0.2, -0.15) is 0 Å².